The molecule has 0 saturated carbocycles. The highest BCUT2D eigenvalue weighted by molar-refractivity contribution is 9.10. The zero-order chi connectivity index (χ0) is 13.1. The summed E-state index contributed by atoms with van der Waals surface area (Å²) in [4.78, 5) is 4.14. The topological polar surface area (TPSA) is 24.9 Å². The molecule has 1 aromatic carbocycles. The lowest BCUT2D eigenvalue weighted by Crippen LogP contribution is -2.10. The Labute approximate surface area is 112 Å². The van der Waals surface area contributed by atoms with Gasteiger partial charge < -0.3 is 5.32 Å². The van der Waals surface area contributed by atoms with E-state index < -0.39 is 11.6 Å². The minimum absolute atomic E-state index is 0.142. The van der Waals surface area contributed by atoms with Crippen LogP contribution in [0.3, 0.4) is 0 Å². The molecule has 0 aliphatic heterocycles. The van der Waals surface area contributed by atoms with Crippen molar-refractivity contribution in [1.82, 2.24) is 4.98 Å². The van der Waals surface area contributed by atoms with Crippen LogP contribution in [-0.4, -0.2) is 4.98 Å². The van der Waals surface area contributed by atoms with Gasteiger partial charge in [-0.1, -0.05) is 22.0 Å². The van der Waals surface area contributed by atoms with Crippen LogP contribution in [0.1, 0.15) is 18.7 Å². The van der Waals surface area contributed by atoms with Gasteiger partial charge in [-0.25, -0.2) is 8.78 Å². The summed E-state index contributed by atoms with van der Waals surface area (Å²) in [7, 11) is 0. The van der Waals surface area contributed by atoms with Crippen LogP contribution >= 0.6 is 15.9 Å². The zero-order valence-electron chi connectivity index (χ0n) is 9.62. The molecule has 0 amide bonds. The molecular weight excluding hydrogens is 302 g/mol. The van der Waals surface area contributed by atoms with E-state index in [1.165, 1.54) is 12.1 Å². The molecule has 0 fully saturated rings. The summed E-state index contributed by atoms with van der Waals surface area (Å²) >= 11 is 3.04. The van der Waals surface area contributed by atoms with Crippen molar-refractivity contribution in [2.45, 2.75) is 13.0 Å². The van der Waals surface area contributed by atoms with Gasteiger partial charge in [0.25, 0.3) is 0 Å². The average molecular weight is 313 g/mol. The van der Waals surface area contributed by atoms with E-state index in [1.807, 2.05) is 6.07 Å². The fraction of sp³-hybridized carbons (Fsp3) is 0.154. The molecule has 1 aromatic heterocycles. The van der Waals surface area contributed by atoms with Gasteiger partial charge in [0.15, 0.2) is 0 Å². The summed E-state index contributed by atoms with van der Waals surface area (Å²) < 4.78 is 27.6. The Morgan fingerprint density at radius 1 is 1.22 bits per heavy atom. The maximum atomic E-state index is 13.6. The number of nitrogens with zero attached hydrogens (tertiary/aromatic N) is 1. The molecule has 0 saturated heterocycles. The molecule has 0 spiro atoms. The predicted molar refractivity (Wildman–Crippen MR) is 70.3 cm³/mol. The van der Waals surface area contributed by atoms with E-state index in [2.05, 4.69) is 26.2 Å². The van der Waals surface area contributed by atoms with E-state index in [0.29, 0.717) is 4.47 Å². The van der Waals surface area contributed by atoms with Gasteiger partial charge in [-0.2, -0.15) is 0 Å². The van der Waals surface area contributed by atoms with Crippen LogP contribution in [0.2, 0.25) is 0 Å². The Balaban J connectivity index is 2.25. The molecule has 18 heavy (non-hydrogen) atoms. The van der Waals surface area contributed by atoms with Gasteiger partial charge in [0.05, 0.1) is 11.7 Å². The first-order valence-electron chi connectivity index (χ1n) is 5.40. The summed E-state index contributed by atoms with van der Waals surface area (Å²) in [6.07, 6.45) is 1.64. The molecular formula is C13H11BrF2N2. The van der Waals surface area contributed by atoms with Crippen LogP contribution in [0.4, 0.5) is 14.5 Å². The van der Waals surface area contributed by atoms with E-state index in [0.717, 1.165) is 5.69 Å². The van der Waals surface area contributed by atoms with Gasteiger partial charge in [-0.3, -0.25) is 4.98 Å². The fourth-order valence-electron chi connectivity index (χ4n) is 1.60. The quantitative estimate of drug-likeness (QED) is 0.914. The second-order valence-electron chi connectivity index (χ2n) is 3.87. The Kier molecular flexibility index (Phi) is 3.91. The van der Waals surface area contributed by atoms with Crippen LogP contribution in [-0.2, 0) is 0 Å². The summed E-state index contributed by atoms with van der Waals surface area (Å²) in [6.45, 7) is 1.79. The molecule has 0 bridgehead atoms. The number of nitrogens with one attached hydrogen (secondary N) is 1. The lowest BCUT2D eigenvalue weighted by atomic mass is 10.2. The molecule has 94 valence electrons. The van der Waals surface area contributed by atoms with Gasteiger partial charge in [-0.15, -0.1) is 0 Å². The fourth-order valence-corrected chi connectivity index (χ4v) is 2.00. The number of halogens is 3. The lowest BCUT2D eigenvalue weighted by Gasteiger charge is -2.16. The van der Waals surface area contributed by atoms with Crippen molar-refractivity contribution in [3.63, 3.8) is 0 Å². The molecule has 2 rings (SSSR count). The highest BCUT2D eigenvalue weighted by Gasteiger charge is 2.14. The molecule has 0 aliphatic carbocycles. The summed E-state index contributed by atoms with van der Waals surface area (Å²) in [5.74, 6) is -1.27. The Morgan fingerprint density at radius 3 is 2.44 bits per heavy atom. The molecule has 1 atom stereocenters. The predicted octanol–water partition coefficient (Wildman–Crippen LogP) is 4.30. The number of pyridine rings is 1. The molecule has 5 heteroatoms. The maximum absolute atomic E-state index is 13.6. The number of anilines is 1. The largest absolute Gasteiger partial charge is 0.372 e. The third kappa shape index (κ3) is 2.85. The van der Waals surface area contributed by atoms with Gasteiger partial charge in [0.2, 0.25) is 0 Å². The normalized spacial score (nSPS) is 12.2. The number of aromatic nitrogens is 1. The van der Waals surface area contributed by atoms with Crippen molar-refractivity contribution >= 4 is 21.6 Å². The zero-order valence-corrected chi connectivity index (χ0v) is 11.2. The third-order valence-electron chi connectivity index (χ3n) is 2.50. The first-order chi connectivity index (χ1) is 8.58. The molecule has 1 heterocycles. The molecule has 1 N–H and O–H groups in total. The number of hydrogen-bond donors (Lipinski definition) is 1. The van der Waals surface area contributed by atoms with Crippen LogP contribution in [0.25, 0.3) is 0 Å². The van der Waals surface area contributed by atoms with Crippen molar-refractivity contribution in [2.75, 3.05) is 5.32 Å². The lowest BCUT2D eigenvalue weighted by molar-refractivity contribution is 0.582. The highest BCUT2D eigenvalue weighted by Crippen LogP contribution is 2.26. The van der Waals surface area contributed by atoms with E-state index in [9.17, 15) is 8.78 Å². The van der Waals surface area contributed by atoms with Crippen LogP contribution in [0.5, 0.6) is 0 Å². The number of hydrogen-bond acceptors (Lipinski definition) is 2. The van der Waals surface area contributed by atoms with Gasteiger partial charge in [0.1, 0.15) is 17.3 Å². The van der Waals surface area contributed by atoms with Gasteiger partial charge >= 0.3 is 0 Å². The smallest absolute Gasteiger partial charge is 0.150 e. The van der Waals surface area contributed by atoms with E-state index >= 15 is 0 Å². The van der Waals surface area contributed by atoms with Gasteiger partial charge in [-0.05, 0) is 31.2 Å². The van der Waals surface area contributed by atoms with Crippen LogP contribution in [0, 0.1) is 11.6 Å². The second kappa shape index (κ2) is 5.44. The minimum atomic E-state index is -0.635. The molecule has 2 aromatic rings. The number of rotatable bonds is 3. The van der Waals surface area contributed by atoms with Crippen molar-refractivity contribution in [3.05, 3.63) is 58.3 Å². The Hall–Kier alpha value is -1.49. The van der Waals surface area contributed by atoms with Crippen molar-refractivity contribution in [3.8, 4) is 0 Å². The van der Waals surface area contributed by atoms with E-state index in [1.54, 1.807) is 25.3 Å². The minimum Gasteiger partial charge on any atom is -0.372 e. The SMILES string of the molecule is CC(Nc1c(F)cc(Br)cc1F)c1ccccn1. The summed E-state index contributed by atoms with van der Waals surface area (Å²) in [5.41, 5.74) is 0.579. The van der Waals surface area contributed by atoms with E-state index in [4.69, 9.17) is 0 Å². The Bertz CT molecular complexity index is 523. The maximum Gasteiger partial charge on any atom is 0.150 e. The van der Waals surface area contributed by atoms with Crippen molar-refractivity contribution in [1.29, 1.82) is 0 Å². The third-order valence-corrected chi connectivity index (χ3v) is 2.96. The number of benzene rings is 1. The molecule has 2 nitrogen and oxygen atoms in total. The van der Waals surface area contributed by atoms with Crippen LogP contribution < -0.4 is 5.32 Å². The average Bonchev–Trinajstić information content (AvgIpc) is 2.34. The Morgan fingerprint density at radius 2 is 1.89 bits per heavy atom. The van der Waals surface area contributed by atoms with Crippen LogP contribution in [0.15, 0.2) is 41.0 Å². The van der Waals surface area contributed by atoms with Crippen molar-refractivity contribution < 1.29 is 8.78 Å². The second-order valence-corrected chi connectivity index (χ2v) is 4.78. The molecule has 0 aliphatic rings. The molecule has 0 radical (unpaired) electrons. The first kappa shape index (κ1) is 13.0. The van der Waals surface area contributed by atoms with Gasteiger partial charge in [0, 0.05) is 10.7 Å². The van der Waals surface area contributed by atoms with Crippen molar-refractivity contribution in [2.24, 2.45) is 0 Å². The standard InChI is InChI=1S/C13H11BrF2N2/c1-8(12-4-2-3-5-17-12)18-13-10(15)6-9(14)7-11(13)16/h2-8,18H,1H3. The highest BCUT2D eigenvalue weighted by atomic mass is 79.9. The summed E-state index contributed by atoms with van der Waals surface area (Å²) in [6, 6.07) is 7.57. The monoisotopic (exact) mass is 312 g/mol. The first-order valence-corrected chi connectivity index (χ1v) is 6.19. The summed E-state index contributed by atoms with van der Waals surface area (Å²) in [5, 5.41) is 2.79. The molecule has 1 unspecified atom stereocenters. The van der Waals surface area contributed by atoms with E-state index in [-0.39, 0.29) is 11.7 Å².